The second kappa shape index (κ2) is 6.96. The maximum Gasteiger partial charge on any atom is 0.226 e. The van der Waals surface area contributed by atoms with E-state index in [1.807, 2.05) is 17.0 Å². The highest BCUT2D eigenvalue weighted by atomic mass is 35.5. The first-order valence-electron chi connectivity index (χ1n) is 7.46. The van der Waals surface area contributed by atoms with Gasteiger partial charge < -0.3 is 10.6 Å². The Kier molecular flexibility index (Phi) is 5.65. The van der Waals surface area contributed by atoms with E-state index in [1.54, 1.807) is 6.07 Å². The molecule has 1 aliphatic heterocycles. The van der Waals surface area contributed by atoms with Crippen LogP contribution in [0.1, 0.15) is 31.2 Å². The summed E-state index contributed by atoms with van der Waals surface area (Å²) in [5.41, 5.74) is 6.81. The molecule has 1 aliphatic carbocycles. The Hall–Kier alpha value is -0.480. The van der Waals surface area contributed by atoms with Crippen LogP contribution in [0.2, 0.25) is 10.0 Å². The van der Waals surface area contributed by atoms with E-state index in [-0.39, 0.29) is 30.2 Å². The van der Waals surface area contributed by atoms with Gasteiger partial charge in [0.2, 0.25) is 5.91 Å². The molecule has 1 heterocycles. The summed E-state index contributed by atoms with van der Waals surface area (Å²) in [6.07, 6.45) is 1.91. The molecule has 22 heavy (non-hydrogen) atoms. The van der Waals surface area contributed by atoms with Crippen molar-refractivity contribution in [2.24, 2.45) is 17.6 Å². The first-order chi connectivity index (χ1) is 9.99. The van der Waals surface area contributed by atoms with Crippen molar-refractivity contribution in [1.82, 2.24) is 4.90 Å². The monoisotopic (exact) mass is 362 g/mol. The van der Waals surface area contributed by atoms with Crippen LogP contribution in [-0.4, -0.2) is 29.9 Å². The highest BCUT2D eigenvalue weighted by molar-refractivity contribution is 6.34. The van der Waals surface area contributed by atoms with Gasteiger partial charge in [-0.1, -0.05) is 23.2 Å². The van der Waals surface area contributed by atoms with Gasteiger partial charge in [0.05, 0.1) is 0 Å². The van der Waals surface area contributed by atoms with Crippen molar-refractivity contribution in [2.45, 2.75) is 31.7 Å². The molecule has 1 saturated heterocycles. The summed E-state index contributed by atoms with van der Waals surface area (Å²) in [4.78, 5) is 14.7. The van der Waals surface area contributed by atoms with Gasteiger partial charge in [-0.05, 0) is 61.9 Å². The second-order valence-corrected chi connectivity index (χ2v) is 7.20. The normalized spacial score (nSPS) is 30.1. The van der Waals surface area contributed by atoms with Crippen molar-refractivity contribution >= 4 is 41.5 Å². The maximum absolute atomic E-state index is 12.7. The molecule has 2 aliphatic rings. The van der Waals surface area contributed by atoms with Crippen molar-refractivity contribution in [3.05, 3.63) is 33.8 Å². The molecule has 0 spiro atoms. The Bertz CT molecular complexity index is 546. The molecule has 0 aromatic heterocycles. The van der Waals surface area contributed by atoms with E-state index in [1.165, 1.54) is 0 Å². The molecule has 3 nitrogen and oxygen atoms in total. The van der Waals surface area contributed by atoms with E-state index in [4.69, 9.17) is 28.9 Å². The number of benzene rings is 1. The fourth-order valence-electron chi connectivity index (χ4n) is 3.46. The highest BCUT2D eigenvalue weighted by Crippen LogP contribution is 2.50. The minimum absolute atomic E-state index is 0. The molecule has 4 atom stereocenters. The minimum Gasteiger partial charge on any atom is -0.339 e. The molecule has 2 fully saturated rings. The lowest BCUT2D eigenvalue weighted by Gasteiger charge is -2.21. The molecule has 0 radical (unpaired) electrons. The lowest BCUT2D eigenvalue weighted by molar-refractivity contribution is -0.133. The van der Waals surface area contributed by atoms with Gasteiger partial charge in [-0.25, -0.2) is 0 Å². The van der Waals surface area contributed by atoms with Crippen molar-refractivity contribution in [3.63, 3.8) is 0 Å². The number of carbonyl (C=O) groups is 1. The zero-order valence-electron chi connectivity index (χ0n) is 12.5. The number of rotatable bonds is 3. The molecule has 4 unspecified atom stereocenters. The minimum atomic E-state index is 0. The molecule has 1 aromatic rings. The average molecular weight is 364 g/mol. The third-order valence-corrected chi connectivity index (χ3v) is 5.13. The summed E-state index contributed by atoms with van der Waals surface area (Å²) >= 11 is 12.1. The van der Waals surface area contributed by atoms with Gasteiger partial charge in [-0.3, -0.25) is 4.79 Å². The predicted octanol–water partition coefficient (Wildman–Crippen LogP) is 3.71. The van der Waals surface area contributed by atoms with E-state index in [0.717, 1.165) is 24.9 Å². The number of carbonyl (C=O) groups excluding carboxylic acids is 1. The quantitative estimate of drug-likeness (QED) is 0.889. The molecule has 2 N–H and O–H groups in total. The smallest absolute Gasteiger partial charge is 0.226 e. The first kappa shape index (κ1) is 17.9. The van der Waals surface area contributed by atoms with Crippen LogP contribution in [-0.2, 0) is 4.79 Å². The summed E-state index contributed by atoms with van der Waals surface area (Å²) in [5, 5.41) is 1.27. The van der Waals surface area contributed by atoms with Gasteiger partial charge in [-0.2, -0.15) is 0 Å². The number of hydrogen-bond acceptors (Lipinski definition) is 2. The van der Waals surface area contributed by atoms with Crippen molar-refractivity contribution in [2.75, 3.05) is 13.1 Å². The number of nitrogens with zero attached hydrogens (tertiary/aromatic N) is 1. The van der Waals surface area contributed by atoms with Gasteiger partial charge in [-0.15, -0.1) is 12.4 Å². The van der Waals surface area contributed by atoms with Crippen LogP contribution in [0, 0.1) is 11.8 Å². The zero-order chi connectivity index (χ0) is 15.1. The number of halogens is 3. The van der Waals surface area contributed by atoms with Gasteiger partial charge >= 0.3 is 0 Å². The fourth-order valence-corrected chi connectivity index (χ4v) is 4.00. The van der Waals surface area contributed by atoms with E-state index in [2.05, 4.69) is 6.92 Å². The maximum atomic E-state index is 12.7. The highest BCUT2D eigenvalue weighted by Gasteiger charge is 2.48. The van der Waals surface area contributed by atoms with Crippen LogP contribution in [0.15, 0.2) is 18.2 Å². The molecule has 1 amide bonds. The molecule has 3 rings (SSSR count). The van der Waals surface area contributed by atoms with Gasteiger partial charge in [0.25, 0.3) is 0 Å². The summed E-state index contributed by atoms with van der Waals surface area (Å²) in [6, 6.07) is 5.86. The van der Waals surface area contributed by atoms with Crippen molar-refractivity contribution < 1.29 is 4.79 Å². The SMILES string of the molecule is CC1CC(CN)CN1C(=O)C1CC1c1cc(Cl)cc(Cl)c1.Cl. The molecule has 1 aromatic carbocycles. The van der Waals surface area contributed by atoms with E-state index in [0.29, 0.717) is 28.5 Å². The standard InChI is InChI=1S/C16H20Cl2N2O.ClH/c1-9-2-10(7-19)8-20(9)16(21)15-6-14(15)11-3-12(17)5-13(18)4-11;/h3-5,9-10,14-15H,2,6-8,19H2,1H3;1H. The average Bonchev–Trinajstić information content (AvgIpc) is 3.14. The molecular weight excluding hydrogens is 343 g/mol. The summed E-state index contributed by atoms with van der Waals surface area (Å²) in [7, 11) is 0. The van der Waals surface area contributed by atoms with E-state index in [9.17, 15) is 4.79 Å². The fraction of sp³-hybridized carbons (Fsp3) is 0.562. The third kappa shape index (κ3) is 3.53. The van der Waals surface area contributed by atoms with Crippen LogP contribution >= 0.6 is 35.6 Å². The first-order valence-corrected chi connectivity index (χ1v) is 8.21. The number of amides is 1. The molecule has 0 bridgehead atoms. The Balaban J connectivity index is 0.00000176. The molecule has 122 valence electrons. The topological polar surface area (TPSA) is 46.3 Å². The van der Waals surface area contributed by atoms with E-state index < -0.39 is 0 Å². The molecule has 6 heteroatoms. The Morgan fingerprint density at radius 1 is 1.27 bits per heavy atom. The Labute approximate surface area is 147 Å². The zero-order valence-corrected chi connectivity index (χ0v) is 14.8. The van der Waals surface area contributed by atoms with Crippen LogP contribution < -0.4 is 5.73 Å². The van der Waals surface area contributed by atoms with Gasteiger partial charge in [0.15, 0.2) is 0 Å². The van der Waals surface area contributed by atoms with Crippen LogP contribution in [0.4, 0.5) is 0 Å². The third-order valence-electron chi connectivity index (χ3n) is 4.70. The molecule has 1 saturated carbocycles. The van der Waals surface area contributed by atoms with Crippen LogP contribution in [0.3, 0.4) is 0 Å². The van der Waals surface area contributed by atoms with Crippen molar-refractivity contribution in [1.29, 1.82) is 0 Å². The number of nitrogens with two attached hydrogens (primary N) is 1. The number of likely N-dealkylation sites (tertiary alicyclic amines) is 1. The van der Waals surface area contributed by atoms with Gasteiger partial charge in [0.1, 0.15) is 0 Å². The molecular formula is C16H21Cl3N2O. The van der Waals surface area contributed by atoms with Gasteiger partial charge in [0, 0.05) is 28.5 Å². The Morgan fingerprint density at radius 2 is 1.91 bits per heavy atom. The van der Waals surface area contributed by atoms with Crippen LogP contribution in [0.25, 0.3) is 0 Å². The number of hydrogen-bond donors (Lipinski definition) is 1. The largest absolute Gasteiger partial charge is 0.339 e. The Morgan fingerprint density at radius 3 is 2.45 bits per heavy atom. The lowest BCUT2D eigenvalue weighted by atomic mass is 10.1. The predicted molar refractivity (Wildman–Crippen MR) is 92.9 cm³/mol. The van der Waals surface area contributed by atoms with Crippen LogP contribution in [0.5, 0.6) is 0 Å². The van der Waals surface area contributed by atoms with Crippen molar-refractivity contribution in [3.8, 4) is 0 Å². The second-order valence-electron chi connectivity index (χ2n) is 6.33. The lowest BCUT2D eigenvalue weighted by Crippen LogP contribution is -2.35. The summed E-state index contributed by atoms with van der Waals surface area (Å²) in [6.45, 7) is 3.57. The summed E-state index contributed by atoms with van der Waals surface area (Å²) in [5.74, 6) is 1.05. The van der Waals surface area contributed by atoms with E-state index >= 15 is 0 Å². The summed E-state index contributed by atoms with van der Waals surface area (Å²) < 4.78 is 0.